The highest BCUT2D eigenvalue weighted by Crippen LogP contribution is 1.77. The van der Waals surface area contributed by atoms with Gasteiger partial charge in [-0.25, -0.2) is 0 Å². The Morgan fingerprint density at radius 2 is 1.62 bits per heavy atom. The van der Waals surface area contributed by atoms with Gasteiger partial charge in [0.25, 0.3) is 0 Å². The summed E-state index contributed by atoms with van der Waals surface area (Å²) in [6, 6.07) is 0. The van der Waals surface area contributed by atoms with Crippen molar-refractivity contribution in [2.45, 2.75) is 0 Å². The minimum absolute atomic E-state index is 0.958. The Morgan fingerprint density at radius 3 is 1.75 bits per heavy atom. The molecule has 0 saturated heterocycles. The van der Waals surface area contributed by atoms with Crippen LogP contribution in [0.2, 0.25) is 0 Å². The average molecular weight is 122 g/mol. The maximum atomic E-state index is 4.51. The van der Waals surface area contributed by atoms with Gasteiger partial charge in [0.15, 0.2) is 0 Å². The zero-order valence-corrected chi connectivity index (χ0v) is 5.17. The molecule has 0 amide bonds. The summed E-state index contributed by atoms with van der Waals surface area (Å²) in [6.45, 7) is 0. The van der Waals surface area contributed by atoms with E-state index in [1.807, 2.05) is 0 Å². The van der Waals surface area contributed by atoms with Crippen LogP contribution in [-0.2, 0) is 14.5 Å². The molecule has 0 atom stereocenters. The van der Waals surface area contributed by atoms with Crippen LogP contribution >= 0.6 is 0 Å². The average Bonchev–Trinajstić information content (AvgIpc) is 1.83. The van der Waals surface area contributed by atoms with Crippen molar-refractivity contribution in [3.8, 4) is 0 Å². The van der Waals surface area contributed by atoms with Gasteiger partial charge in [-0.05, 0) is 0 Å². The van der Waals surface area contributed by atoms with Gasteiger partial charge < -0.3 is 0 Å². The molecule has 0 saturated carbocycles. The van der Waals surface area contributed by atoms with Gasteiger partial charge in [-0.15, -0.1) is 0 Å². The molecule has 0 bridgehead atoms. The highest BCUT2D eigenvalue weighted by atomic mass is 17.0. The normalized spacial score (nSPS) is 10.5. The fraction of sp³-hybridized carbons (Fsp3) is 1.00. The van der Waals surface area contributed by atoms with Crippen molar-refractivity contribution in [1.82, 2.24) is 10.9 Å². The summed E-state index contributed by atoms with van der Waals surface area (Å²) in [5.74, 6) is 0. The molecule has 0 aliphatic heterocycles. The maximum Gasteiger partial charge on any atom is 0.0617 e. The van der Waals surface area contributed by atoms with E-state index < -0.39 is 0 Å². The van der Waals surface area contributed by atoms with Crippen LogP contribution in [0.25, 0.3) is 0 Å². The van der Waals surface area contributed by atoms with Crippen LogP contribution in [0.5, 0.6) is 0 Å². The van der Waals surface area contributed by atoms with E-state index in [9.17, 15) is 0 Å². The van der Waals surface area contributed by atoms with E-state index in [1.165, 1.54) is 21.3 Å². The number of hydrogen-bond donors (Lipinski definition) is 1. The fourth-order valence-electron chi connectivity index (χ4n) is 0.224. The minimum Gasteiger partial charge on any atom is -0.286 e. The highest BCUT2D eigenvalue weighted by molar-refractivity contribution is 3.84. The Kier molecular flexibility index (Phi) is 4.82. The lowest BCUT2D eigenvalue weighted by atomic mass is 11.7. The van der Waals surface area contributed by atoms with Gasteiger partial charge in [0, 0.05) is 5.34 Å². The third-order valence-electron chi connectivity index (χ3n) is 0.497. The summed E-state index contributed by atoms with van der Waals surface area (Å²) in [5.41, 5.74) is 2.27. The predicted octanol–water partition coefficient (Wildman–Crippen LogP) is -0.523. The molecule has 0 aromatic heterocycles. The van der Waals surface area contributed by atoms with Gasteiger partial charge in [0.1, 0.15) is 0 Å². The molecule has 0 unspecified atom stereocenters. The molecule has 0 aliphatic carbocycles. The van der Waals surface area contributed by atoms with Crippen LogP contribution < -0.4 is 5.59 Å². The van der Waals surface area contributed by atoms with Crippen molar-refractivity contribution in [2.24, 2.45) is 0 Å². The minimum atomic E-state index is 0.958. The van der Waals surface area contributed by atoms with Gasteiger partial charge >= 0.3 is 0 Å². The zero-order chi connectivity index (χ0) is 6.41. The molecular formula is C3H10N2O3. The van der Waals surface area contributed by atoms with Crippen molar-refractivity contribution in [3.05, 3.63) is 0 Å². The molecule has 5 nitrogen and oxygen atoms in total. The lowest BCUT2D eigenvalue weighted by molar-refractivity contribution is -0.417. The van der Waals surface area contributed by atoms with Crippen LogP contribution in [-0.4, -0.2) is 26.7 Å². The van der Waals surface area contributed by atoms with E-state index >= 15 is 0 Å². The Labute approximate surface area is 48.0 Å². The molecule has 1 N–H and O–H groups in total. The van der Waals surface area contributed by atoms with Gasteiger partial charge in [0.2, 0.25) is 0 Å². The molecule has 0 fully saturated rings. The Balaban J connectivity index is 3.07. The second-order valence-electron chi connectivity index (χ2n) is 0.918. The van der Waals surface area contributed by atoms with E-state index in [0.29, 0.717) is 0 Å². The van der Waals surface area contributed by atoms with Crippen molar-refractivity contribution < 1.29 is 14.5 Å². The Morgan fingerprint density at radius 1 is 1.12 bits per heavy atom. The number of nitrogens with zero attached hydrogens (tertiary/aromatic N) is 1. The van der Waals surface area contributed by atoms with Crippen LogP contribution in [0.3, 0.4) is 0 Å². The van der Waals surface area contributed by atoms with Crippen molar-refractivity contribution in [1.29, 1.82) is 0 Å². The molecular weight excluding hydrogens is 112 g/mol. The first-order chi connectivity index (χ1) is 3.85. The number of hydrogen-bond acceptors (Lipinski definition) is 5. The second-order valence-corrected chi connectivity index (χ2v) is 0.918. The van der Waals surface area contributed by atoms with E-state index in [-0.39, 0.29) is 0 Å². The molecule has 0 rings (SSSR count). The topological polar surface area (TPSA) is 43.0 Å². The number of hydrazine groups is 1. The molecule has 0 heterocycles. The number of rotatable bonds is 4. The molecule has 0 aromatic rings. The maximum absolute atomic E-state index is 4.51. The summed E-state index contributed by atoms with van der Waals surface area (Å²) in [5, 5.41) is 0.958. The molecule has 0 radical (unpaired) electrons. The smallest absolute Gasteiger partial charge is 0.0617 e. The summed E-state index contributed by atoms with van der Waals surface area (Å²) >= 11 is 0. The van der Waals surface area contributed by atoms with Crippen LogP contribution in [0.1, 0.15) is 0 Å². The lowest BCUT2D eigenvalue weighted by Crippen LogP contribution is -2.34. The van der Waals surface area contributed by atoms with Gasteiger partial charge in [-0.3, -0.25) is 14.5 Å². The SMILES string of the molecule is CONN(OC)OC. The quantitative estimate of drug-likeness (QED) is 0.508. The molecule has 8 heavy (non-hydrogen) atoms. The first kappa shape index (κ1) is 7.80. The zero-order valence-electron chi connectivity index (χ0n) is 5.17. The third-order valence-corrected chi connectivity index (χ3v) is 0.497. The fourth-order valence-corrected chi connectivity index (χ4v) is 0.224. The van der Waals surface area contributed by atoms with Crippen LogP contribution in [0.4, 0.5) is 0 Å². The molecule has 0 aliphatic rings. The lowest BCUT2D eigenvalue weighted by Gasteiger charge is -2.13. The number of nitrogens with one attached hydrogen (secondary N) is 1. The third kappa shape index (κ3) is 2.89. The largest absolute Gasteiger partial charge is 0.286 e. The first-order valence-electron chi connectivity index (χ1n) is 2.02. The van der Waals surface area contributed by atoms with E-state index in [0.717, 1.165) is 5.34 Å². The van der Waals surface area contributed by atoms with E-state index in [2.05, 4.69) is 20.1 Å². The molecule has 0 spiro atoms. The van der Waals surface area contributed by atoms with Crippen molar-refractivity contribution in [3.63, 3.8) is 0 Å². The van der Waals surface area contributed by atoms with Gasteiger partial charge in [-0.2, -0.15) is 0 Å². The summed E-state index contributed by atoms with van der Waals surface area (Å²) in [6.07, 6.45) is 0. The summed E-state index contributed by atoms with van der Waals surface area (Å²) in [4.78, 5) is 13.4. The van der Waals surface area contributed by atoms with Gasteiger partial charge in [0.05, 0.1) is 21.3 Å². The molecule has 5 heteroatoms. The molecule has 50 valence electrons. The summed E-state index contributed by atoms with van der Waals surface area (Å²) in [7, 11) is 4.33. The highest BCUT2D eigenvalue weighted by Gasteiger charge is 1.94. The van der Waals surface area contributed by atoms with Crippen LogP contribution in [0.15, 0.2) is 0 Å². The Hall–Kier alpha value is -0.200. The van der Waals surface area contributed by atoms with Crippen LogP contribution in [0, 0.1) is 0 Å². The Bertz CT molecular complexity index is 47.8. The van der Waals surface area contributed by atoms with Gasteiger partial charge in [-0.1, -0.05) is 5.59 Å². The van der Waals surface area contributed by atoms with Crippen molar-refractivity contribution >= 4 is 0 Å². The molecule has 0 aromatic carbocycles. The first-order valence-corrected chi connectivity index (χ1v) is 2.02. The van der Waals surface area contributed by atoms with Crippen molar-refractivity contribution in [2.75, 3.05) is 21.3 Å². The monoisotopic (exact) mass is 122 g/mol. The summed E-state index contributed by atoms with van der Waals surface area (Å²) < 4.78 is 0. The standard InChI is InChI=1S/C3H10N2O3/c1-6-4-5(7-2)8-3/h4H,1-3H3. The van der Waals surface area contributed by atoms with E-state index in [4.69, 9.17) is 0 Å². The van der Waals surface area contributed by atoms with E-state index in [1.54, 1.807) is 0 Å². The predicted molar refractivity (Wildman–Crippen MR) is 26.0 cm³/mol. The second kappa shape index (κ2) is 4.95.